The number of carbonyl (C=O) groups is 2. The summed E-state index contributed by atoms with van der Waals surface area (Å²) in [5, 5.41) is 12.3. The zero-order valence-corrected chi connectivity index (χ0v) is 20.4. The number of hydrogen-bond donors (Lipinski definition) is 3. The van der Waals surface area contributed by atoms with Crippen LogP contribution >= 0.6 is 0 Å². The van der Waals surface area contributed by atoms with Crippen LogP contribution in [0.2, 0.25) is 0 Å². The highest BCUT2D eigenvalue weighted by atomic mass is 16.7. The number of aliphatic hydroxyl groups excluding tert-OH is 1. The van der Waals surface area contributed by atoms with Crippen molar-refractivity contribution in [3.05, 3.63) is 77.3 Å². The fraction of sp³-hybridized carbons (Fsp3) is 0.370. The molecule has 0 spiro atoms. The molecule has 1 aliphatic rings. The van der Waals surface area contributed by atoms with Crippen molar-refractivity contribution >= 4 is 22.9 Å². The molecule has 0 bridgehead atoms. The van der Waals surface area contributed by atoms with E-state index < -0.39 is 12.3 Å². The van der Waals surface area contributed by atoms with Crippen LogP contribution in [0.4, 0.5) is 0 Å². The van der Waals surface area contributed by atoms with Crippen molar-refractivity contribution in [1.82, 2.24) is 15.3 Å². The summed E-state index contributed by atoms with van der Waals surface area (Å²) in [6.45, 7) is 2.52. The number of nitrogens with zero attached hydrogens (tertiary/aromatic N) is 1. The highest BCUT2D eigenvalue weighted by Gasteiger charge is 2.37. The molecule has 4 rings (SSSR count). The summed E-state index contributed by atoms with van der Waals surface area (Å²) in [4.78, 5) is 32.7. The zero-order chi connectivity index (χ0) is 25.5. The summed E-state index contributed by atoms with van der Waals surface area (Å²) < 4.78 is 16.7. The van der Waals surface area contributed by atoms with Crippen molar-refractivity contribution in [3.8, 4) is 0 Å². The summed E-state index contributed by atoms with van der Waals surface area (Å²) in [5.74, 6) is -0.353. The number of H-pyrrole nitrogens is 1. The molecule has 36 heavy (non-hydrogen) atoms. The largest absolute Gasteiger partial charge is 0.465 e. The van der Waals surface area contributed by atoms with Gasteiger partial charge >= 0.3 is 5.97 Å². The molecule has 2 aromatic carbocycles. The maximum Gasteiger partial charge on any atom is 0.337 e. The van der Waals surface area contributed by atoms with E-state index in [4.69, 9.17) is 14.2 Å². The first-order valence-electron chi connectivity index (χ1n) is 12.0. The Morgan fingerprint density at radius 3 is 2.64 bits per heavy atom. The quantitative estimate of drug-likeness (QED) is 0.370. The Balaban J connectivity index is 1.58. The number of methoxy groups -OCH3 is 1. The first kappa shape index (κ1) is 25.4. The van der Waals surface area contributed by atoms with E-state index in [1.807, 2.05) is 43.3 Å². The van der Waals surface area contributed by atoms with Crippen LogP contribution < -0.4 is 5.32 Å². The highest BCUT2D eigenvalue weighted by molar-refractivity contribution is 5.92. The van der Waals surface area contributed by atoms with Crippen LogP contribution in [0.1, 0.15) is 47.4 Å². The molecule has 1 aromatic heterocycles. The maximum absolute atomic E-state index is 13.1. The number of ether oxygens (including phenoxy) is 3. The van der Waals surface area contributed by atoms with E-state index in [9.17, 15) is 14.7 Å². The van der Waals surface area contributed by atoms with E-state index in [-0.39, 0.29) is 36.7 Å². The minimum absolute atomic E-state index is 0.0396. The first-order valence-corrected chi connectivity index (χ1v) is 12.0. The third-order valence-electron chi connectivity index (χ3n) is 6.21. The van der Waals surface area contributed by atoms with Gasteiger partial charge in [0.25, 0.3) is 5.91 Å². The van der Waals surface area contributed by atoms with Gasteiger partial charge in [-0.1, -0.05) is 24.3 Å². The second-order valence-corrected chi connectivity index (χ2v) is 8.52. The van der Waals surface area contributed by atoms with Crippen LogP contribution in [0.3, 0.4) is 0 Å². The lowest BCUT2D eigenvalue weighted by atomic mass is 9.80. The summed E-state index contributed by atoms with van der Waals surface area (Å²) in [6.07, 6.45) is 2.33. The molecule has 9 heteroatoms. The molecule has 1 aliphatic heterocycles. The van der Waals surface area contributed by atoms with Crippen LogP contribution in [0.25, 0.3) is 11.0 Å². The number of allylic oxidation sites excluding steroid dienone is 1. The summed E-state index contributed by atoms with van der Waals surface area (Å²) in [5.41, 5.74) is 3.07. The Hall–Kier alpha value is -3.69. The van der Waals surface area contributed by atoms with E-state index in [1.54, 1.807) is 18.2 Å². The summed E-state index contributed by atoms with van der Waals surface area (Å²) >= 11 is 0. The number of benzene rings is 2. The van der Waals surface area contributed by atoms with Crippen molar-refractivity contribution in [2.24, 2.45) is 5.92 Å². The van der Waals surface area contributed by atoms with E-state index >= 15 is 0 Å². The van der Waals surface area contributed by atoms with E-state index in [1.165, 1.54) is 7.11 Å². The molecule has 0 aliphatic carbocycles. The van der Waals surface area contributed by atoms with Crippen molar-refractivity contribution in [3.63, 3.8) is 0 Å². The lowest BCUT2D eigenvalue weighted by molar-refractivity contribution is -0.166. The molecule has 3 atom stereocenters. The second-order valence-electron chi connectivity index (χ2n) is 8.52. The molecule has 0 fully saturated rings. The highest BCUT2D eigenvalue weighted by Crippen LogP contribution is 2.39. The predicted octanol–water partition coefficient (Wildman–Crippen LogP) is 3.41. The Kier molecular flexibility index (Phi) is 8.35. The topological polar surface area (TPSA) is 123 Å². The molecule has 3 N–H and O–H groups in total. The van der Waals surface area contributed by atoms with Crippen molar-refractivity contribution < 1.29 is 28.9 Å². The molecule has 0 radical (unpaired) electrons. The number of aromatic nitrogens is 2. The number of rotatable bonds is 10. The third kappa shape index (κ3) is 5.75. The normalized spacial score (nSPS) is 19.4. The van der Waals surface area contributed by atoms with Gasteiger partial charge in [-0.2, -0.15) is 0 Å². The van der Waals surface area contributed by atoms with Crippen molar-refractivity contribution in [1.29, 1.82) is 0 Å². The number of carbonyl (C=O) groups excluding carboxylic acids is 2. The molecular formula is C27H31N3O6. The number of para-hydroxylation sites is 2. The smallest absolute Gasteiger partial charge is 0.337 e. The number of nitrogens with one attached hydrogen (secondary N) is 2. The SMILES string of the molecule is CCO[C@@H]1OC(C(=O)NCc2nc3ccccc3[nH]2)=C[C@H](c2ccc(C(=O)OC)cc2)[C@@H]1CCCO. The van der Waals surface area contributed by atoms with Crippen LogP contribution in [0.5, 0.6) is 0 Å². The maximum atomic E-state index is 13.1. The summed E-state index contributed by atoms with van der Waals surface area (Å²) in [6, 6.07) is 14.7. The van der Waals surface area contributed by atoms with Gasteiger partial charge in [-0.25, -0.2) is 9.78 Å². The van der Waals surface area contributed by atoms with Crippen LogP contribution in [-0.4, -0.2) is 53.6 Å². The molecule has 0 saturated carbocycles. The number of aromatic amines is 1. The van der Waals surface area contributed by atoms with E-state index in [0.717, 1.165) is 16.6 Å². The molecule has 0 unspecified atom stereocenters. The average molecular weight is 494 g/mol. The predicted molar refractivity (Wildman–Crippen MR) is 133 cm³/mol. The van der Waals surface area contributed by atoms with Crippen LogP contribution in [-0.2, 0) is 25.5 Å². The lowest BCUT2D eigenvalue weighted by Gasteiger charge is -2.37. The fourth-order valence-electron chi connectivity index (χ4n) is 4.44. The van der Waals surface area contributed by atoms with Gasteiger partial charge in [0, 0.05) is 25.0 Å². The van der Waals surface area contributed by atoms with Crippen molar-refractivity contribution in [2.45, 2.75) is 38.5 Å². The number of hydrogen-bond acceptors (Lipinski definition) is 7. The van der Waals surface area contributed by atoms with Crippen molar-refractivity contribution in [2.75, 3.05) is 20.3 Å². The Morgan fingerprint density at radius 2 is 1.94 bits per heavy atom. The third-order valence-corrected chi connectivity index (χ3v) is 6.21. The van der Waals surface area contributed by atoms with Gasteiger partial charge in [0.15, 0.2) is 5.76 Å². The fourth-order valence-corrected chi connectivity index (χ4v) is 4.44. The van der Waals surface area contributed by atoms with Gasteiger partial charge in [0.05, 0.1) is 30.3 Å². The monoisotopic (exact) mass is 493 g/mol. The van der Waals surface area contributed by atoms with Crippen LogP contribution in [0, 0.1) is 5.92 Å². The van der Waals surface area contributed by atoms with Gasteiger partial charge < -0.3 is 29.6 Å². The number of esters is 1. The molecular weight excluding hydrogens is 462 g/mol. The number of imidazole rings is 1. The second kappa shape index (κ2) is 11.8. The molecule has 9 nitrogen and oxygen atoms in total. The average Bonchev–Trinajstić information content (AvgIpc) is 3.33. The Morgan fingerprint density at radius 1 is 1.17 bits per heavy atom. The number of amides is 1. The standard InChI is InChI=1S/C27H31N3O6/c1-3-35-27-19(7-6-14-31)20(17-10-12-18(13-11-17)26(33)34-2)15-23(36-27)25(32)28-16-24-29-21-8-4-5-9-22(21)30-24/h4-5,8-13,15,19-20,27,31H,3,6-7,14,16H2,1-2H3,(H,28,32)(H,29,30)/t19-,20+,27+/m0/s1. The van der Waals surface area contributed by atoms with Gasteiger partial charge in [0.2, 0.25) is 6.29 Å². The Labute approximate surface area is 209 Å². The lowest BCUT2D eigenvalue weighted by Crippen LogP contribution is -2.39. The first-order chi connectivity index (χ1) is 17.5. The van der Waals surface area contributed by atoms with Gasteiger partial charge in [-0.05, 0) is 55.7 Å². The Bertz CT molecular complexity index is 1190. The van der Waals surface area contributed by atoms with E-state index in [0.29, 0.717) is 30.8 Å². The van der Waals surface area contributed by atoms with E-state index in [2.05, 4.69) is 15.3 Å². The minimum Gasteiger partial charge on any atom is -0.465 e. The number of aliphatic hydroxyl groups is 1. The van der Waals surface area contributed by atoms with Gasteiger partial charge in [0.1, 0.15) is 5.82 Å². The molecule has 2 heterocycles. The molecule has 3 aromatic rings. The summed E-state index contributed by atoms with van der Waals surface area (Å²) in [7, 11) is 1.34. The van der Waals surface area contributed by atoms with Gasteiger partial charge in [-0.15, -0.1) is 0 Å². The molecule has 0 saturated heterocycles. The molecule has 190 valence electrons. The number of fused-ring (bicyclic) bond motifs is 1. The zero-order valence-electron chi connectivity index (χ0n) is 20.4. The molecule has 1 amide bonds. The van der Waals surface area contributed by atoms with Gasteiger partial charge in [-0.3, -0.25) is 4.79 Å². The minimum atomic E-state index is -0.663. The van der Waals surface area contributed by atoms with Crippen LogP contribution in [0.15, 0.2) is 60.4 Å².